The van der Waals surface area contributed by atoms with E-state index in [1.807, 2.05) is 0 Å². The number of rotatable bonds is 2. The molecule has 4 aliphatic rings. The SMILES string of the molecule is CCC1(C)[n+]2cc3c(cc2-c2cc(-c4ccccc4)ccc2C1(C)C)C1CCC3CC1. The van der Waals surface area contributed by atoms with Crippen molar-refractivity contribution < 1.29 is 4.57 Å². The van der Waals surface area contributed by atoms with Gasteiger partial charge in [0, 0.05) is 25.0 Å². The van der Waals surface area contributed by atoms with E-state index in [4.69, 9.17) is 0 Å². The van der Waals surface area contributed by atoms with E-state index < -0.39 is 0 Å². The summed E-state index contributed by atoms with van der Waals surface area (Å²) < 4.78 is 2.68. The van der Waals surface area contributed by atoms with Crippen molar-refractivity contribution in [1.82, 2.24) is 0 Å². The number of benzene rings is 2. The molecule has 0 radical (unpaired) electrons. The molecule has 1 atom stereocenters. The third kappa shape index (κ3) is 2.52. The van der Waals surface area contributed by atoms with E-state index in [0.717, 1.165) is 18.3 Å². The fourth-order valence-corrected chi connectivity index (χ4v) is 6.92. The molecule has 3 aliphatic carbocycles. The van der Waals surface area contributed by atoms with Crippen molar-refractivity contribution in [3.63, 3.8) is 0 Å². The lowest BCUT2D eigenvalue weighted by atomic mass is 9.61. The molecule has 31 heavy (non-hydrogen) atoms. The van der Waals surface area contributed by atoms with Crippen LogP contribution in [0.5, 0.6) is 0 Å². The second-order valence-corrected chi connectivity index (χ2v) is 10.9. The summed E-state index contributed by atoms with van der Waals surface area (Å²) in [5.41, 5.74) is 10.4. The van der Waals surface area contributed by atoms with Gasteiger partial charge in [-0.3, -0.25) is 0 Å². The average Bonchev–Trinajstić information content (AvgIpc) is 2.83. The van der Waals surface area contributed by atoms with Crippen LogP contribution in [-0.2, 0) is 11.0 Å². The number of hydrogen-bond donors (Lipinski definition) is 0. The van der Waals surface area contributed by atoms with Crippen molar-refractivity contribution >= 4 is 0 Å². The smallest absolute Gasteiger partial charge is 0.192 e. The zero-order chi connectivity index (χ0) is 21.4. The van der Waals surface area contributed by atoms with Gasteiger partial charge in [-0.1, -0.05) is 49.4 Å². The summed E-state index contributed by atoms with van der Waals surface area (Å²) in [5.74, 6) is 1.55. The van der Waals surface area contributed by atoms with E-state index in [1.54, 1.807) is 11.1 Å². The quantitative estimate of drug-likeness (QED) is 0.387. The topological polar surface area (TPSA) is 3.88 Å². The van der Waals surface area contributed by atoms with Gasteiger partial charge in [0.05, 0.1) is 11.0 Å². The standard InChI is InChI=1S/C30H34N/c1-5-30(4)29(2,3)27-16-15-23(20-9-7-6-8-10-20)17-25(27)28-18-24-21-11-13-22(14-12-21)26(24)19-31(28)30/h6-10,15-19,21-22H,5,11-14H2,1-4H3/q+1. The molecule has 3 aromatic rings. The summed E-state index contributed by atoms with van der Waals surface area (Å²) in [4.78, 5) is 0. The number of nitrogens with zero attached hydrogens (tertiary/aromatic N) is 1. The first-order chi connectivity index (χ1) is 14.9. The fraction of sp³-hybridized carbons (Fsp3) is 0.433. The van der Waals surface area contributed by atoms with Crippen LogP contribution in [0, 0.1) is 0 Å². The molecule has 2 heterocycles. The Balaban J connectivity index is 1.64. The van der Waals surface area contributed by atoms with Crippen LogP contribution in [0.15, 0.2) is 60.8 Å². The van der Waals surface area contributed by atoms with Crippen molar-refractivity contribution in [2.24, 2.45) is 0 Å². The zero-order valence-electron chi connectivity index (χ0n) is 19.4. The minimum atomic E-state index is 0.0614. The molecule has 1 unspecified atom stereocenters. The van der Waals surface area contributed by atoms with E-state index in [-0.39, 0.29) is 11.0 Å². The lowest BCUT2D eigenvalue weighted by Gasteiger charge is -2.46. The maximum Gasteiger partial charge on any atom is 0.213 e. The highest BCUT2D eigenvalue weighted by Gasteiger charge is 2.55. The zero-order valence-corrected chi connectivity index (χ0v) is 19.4. The molecule has 0 saturated heterocycles. The van der Waals surface area contributed by atoms with Crippen LogP contribution >= 0.6 is 0 Å². The van der Waals surface area contributed by atoms with Crippen molar-refractivity contribution in [2.75, 3.05) is 0 Å². The van der Waals surface area contributed by atoms with Crippen molar-refractivity contribution in [1.29, 1.82) is 0 Å². The van der Waals surface area contributed by atoms with E-state index in [0.29, 0.717) is 0 Å². The molecule has 158 valence electrons. The Labute approximate surface area is 187 Å². The largest absolute Gasteiger partial charge is 0.213 e. The van der Waals surface area contributed by atoms with Crippen molar-refractivity contribution in [2.45, 2.75) is 82.6 Å². The van der Waals surface area contributed by atoms with E-state index in [2.05, 4.69) is 93.1 Å². The number of hydrogen-bond acceptors (Lipinski definition) is 0. The van der Waals surface area contributed by atoms with Gasteiger partial charge in [-0.05, 0) is 79.7 Å². The highest BCUT2D eigenvalue weighted by Crippen LogP contribution is 2.53. The van der Waals surface area contributed by atoms with Crippen molar-refractivity contribution in [3.05, 3.63) is 77.5 Å². The molecule has 1 heteroatoms. The van der Waals surface area contributed by atoms with Crippen LogP contribution < -0.4 is 4.57 Å². The fourth-order valence-electron chi connectivity index (χ4n) is 6.92. The minimum Gasteiger partial charge on any atom is -0.192 e. The molecule has 1 aromatic heterocycles. The van der Waals surface area contributed by atoms with Gasteiger partial charge >= 0.3 is 0 Å². The maximum atomic E-state index is 2.68. The Bertz CT molecular complexity index is 1160. The summed E-state index contributed by atoms with van der Waals surface area (Å²) in [6.07, 6.45) is 9.26. The minimum absolute atomic E-state index is 0.0614. The predicted molar refractivity (Wildman–Crippen MR) is 128 cm³/mol. The van der Waals surface area contributed by atoms with Gasteiger partial charge in [0.1, 0.15) is 0 Å². The second-order valence-electron chi connectivity index (χ2n) is 10.9. The van der Waals surface area contributed by atoms with Crippen LogP contribution in [0.2, 0.25) is 0 Å². The Morgan fingerprint density at radius 1 is 0.806 bits per heavy atom. The molecule has 2 aromatic carbocycles. The summed E-state index contributed by atoms with van der Waals surface area (Å²) in [7, 11) is 0. The number of pyridine rings is 1. The summed E-state index contributed by atoms with van der Waals surface area (Å²) in [5, 5.41) is 0. The Kier molecular flexibility index (Phi) is 4.07. The number of aromatic nitrogens is 1. The predicted octanol–water partition coefficient (Wildman–Crippen LogP) is 7.48. The molecule has 7 rings (SSSR count). The first kappa shape index (κ1) is 19.3. The first-order valence-corrected chi connectivity index (χ1v) is 12.2. The highest BCUT2D eigenvalue weighted by atomic mass is 15.1. The van der Waals surface area contributed by atoms with Gasteiger partial charge in [-0.25, -0.2) is 0 Å². The first-order valence-electron chi connectivity index (χ1n) is 12.2. The van der Waals surface area contributed by atoms with Gasteiger partial charge in [0.25, 0.3) is 0 Å². The molecule has 2 bridgehead atoms. The molecule has 0 amide bonds. The molecule has 0 spiro atoms. The Morgan fingerprint density at radius 2 is 1.48 bits per heavy atom. The van der Waals surface area contributed by atoms with Crippen molar-refractivity contribution in [3.8, 4) is 22.4 Å². The molecule has 1 saturated carbocycles. The Morgan fingerprint density at radius 3 is 2.16 bits per heavy atom. The molecule has 0 N–H and O–H groups in total. The summed E-state index contributed by atoms with van der Waals surface area (Å²) in [6.45, 7) is 9.77. The monoisotopic (exact) mass is 408 g/mol. The number of fused-ring (bicyclic) bond motifs is 5. The van der Waals surface area contributed by atoms with Gasteiger partial charge in [-0.2, -0.15) is 4.57 Å². The molecular formula is C30H34N+. The second kappa shape index (κ2) is 6.55. The summed E-state index contributed by atoms with van der Waals surface area (Å²) >= 11 is 0. The third-order valence-corrected chi connectivity index (χ3v) is 9.40. The third-order valence-electron chi connectivity index (χ3n) is 9.40. The Hall–Kier alpha value is -2.41. The van der Waals surface area contributed by atoms with E-state index in [1.165, 1.54) is 53.6 Å². The van der Waals surface area contributed by atoms with Crippen LogP contribution in [0.4, 0.5) is 0 Å². The molecule has 1 fully saturated rings. The molecular weight excluding hydrogens is 374 g/mol. The lowest BCUT2D eigenvalue weighted by Crippen LogP contribution is -2.67. The van der Waals surface area contributed by atoms with E-state index >= 15 is 0 Å². The van der Waals surface area contributed by atoms with Crippen LogP contribution in [0.3, 0.4) is 0 Å². The molecule has 1 aliphatic heterocycles. The van der Waals surface area contributed by atoms with Crippen LogP contribution in [0.25, 0.3) is 22.4 Å². The van der Waals surface area contributed by atoms with E-state index in [9.17, 15) is 0 Å². The van der Waals surface area contributed by atoms with Gasteiger partial charge < -0.3 is 0 Å². The lowest BCUT2D eigenvalue weighted by molar-refractivity contribution is -0.764. The van der Waals surface area contributed by atoms with Crippen LogP contribution in [-0.4, -0.2) is 0 Å². The highest BCUT2D eigenvalue weighted by molar-refractivity contribution is 5.75. The maximum absolute atomic E-state index is 2.68. The normalized spacial score (nSPS) is 27.4. The average molecular weight is 409 g/mol. The molecule has 1 nitrogen and oxygen atoms in total. The van der Waals surface area contributed by atoms with Gasteiger partial charge in [0.2, 0.25) is 5.69 Å². The van der Waals surface area contributed by atoms with Gasteiger partial charge in [0.15, 0.2) is 11.7 Å². The summed E-state index contributed by atoms with van der Waals surface area (Å²) in [6, 6.07) is 20.7. The van der Waals surface area contributed by atoms with Crippen LogP contribution in [0.1, 0.15) is 88.3 Å². The van der Waals surface area contributed by atoms with Gasteiger partial charge in [-0.15, -0.1) is 0 Å².